The molecule has 0 aliphatic heterocycles. The largest absolute Gasteiger partial charge is 0.395 e. The highest BCUT2D eigenvalue weighted by Crippen LogP contribution is 2.63. The highest BCUT2D eigenvalue weighted by Gasteiger charge is 2.60. The van der Waals surface area contributed by atoms with Gasteiger partial charge in [0.25, 0.3) is 0 Å². The molecule has 26 heavy (non-hydrogen) atoms. The van der Waals surface area contributed by atoms with E-state index in [2.05, 4.69) is 37.8 Å². The summed E-state index contributed by atoms with van der Waals surface area (Å²) in [5, 5.41) is 19.9. The van der Waals surface area contributed by atoms with E-state index < -0.39 is 6.10 Å². The summed E-state index contributed by atoms with van der Waals surface area (Å²) in [4.78, 5) is 2.09. The predicted octanol–water partition coefficient (Wildman–Crippen LogP) is 3.07. The minimum atomic E-state index is -0.538. The maximum atomic E-state index is 10.6. The van der Waals surface area contributed by atoms with Gasteiger partial charge >= 0.3 is 0 Å². The quantitative estimate of drug-likeness (QED) is 0.710. The molecular formula is C22H35NO3. The average molecular weight is 362 g/mol. The highest BCUT2D eigenvalue weighted by molar-refractivity contribution is 5.14. The van der Waals surface area contributed by atoms with Gasteiger partial charge in [-0.15, -0.1) is 0 Å². The van der Waals surface area contributed by atoms with Crippen LogP contribution in [0.2, 0.25) is 0 Å². The number of hydrogen-bond donors (Lipinski definition) is 2. The Labute approximate surface area is 158 Å². The van der Waals surface area contributed by atoms with Crippen molar-refractivity contribution < 1.29 is 14.9 Å². The molecule has 146 valence electrons. The zero-order chi connectivity index (χ0) is 18.8. The summed E-state index contributed by atoms with van der Waals surface area (Å²) in [5.41, 5.74) is 1.65. The number of aliphatic hydroxyl groups excluding tert-OH is 2. The lowest BCUT2D eigenvalue weighted by Gasteiger charge is -2.42. The molecule has 4 atom stereocenters. The highest BCUT2D eigenvalue weighted by atomic mass is 16.5. The van der Waals surface area contributed by atoms with Gasteiger partial charge in [-0.3, -0.25) is 4.90 Å². The molecule has 2 aliphatic carbocycles. The Morgan fingerprint density at radius 2 is 1.96 bits per heavy atom. The monoisotopic (exact) mass is 361 g/mol. The van der Waals surface area contributed by atoms with Gasteiger partial charge in [0.05, 0.1) is 25.4 Å². The Bertz CT molecular complexity index is 571. The lowest BCUT2D eigenvalue weighted by Crippen LogP contribution is -2.45. The van der Waals surface area contributed by atoms with Crippen molar-refractivity contribution in [2.45, 2.75) is 58.8 Å². The molecule has 0 spiro atoms. The lowest BCUT2D eigenvalue weighted by molar-refractivity contribution is -0.113. The molecule has 4 heteroatoms. The van der Waals surface area contributed by atoms with E-state index in [1.165, 1.54) is 24.8 Å². The second-order valence-electron chi connectivity index (χ2n) is 9.23. The van der Waals surface area contributed by atoms with E-state index in [0.717, 1.165) is 12.5 Å². The topological polar surface area (TPSA) is 52.9 Å². The van der Waals surface area contributed by atoms with Gasteiger partial charge in [-0.1, -0.05) is 51.1 Å². The van der Waals surface area contributed by atoms with Crippen LogP contribution in [-0.4, -0.2) is 53.6 Å². The molecule has 1 aromatic rings. The minimum Gasteiger partial charge on any atom is -0.395 e. The van der Waals surface area contributed by atoms with Gasteiger partial charge in [-0.05, 0) is 41.6 Å². The Hall–Kier alpha value is -0.940. The Kier molecular flexibility index (Phi) is 6.07. The molecule has 3 rings (SSSR count). The molecule has 0 saturated heterocycles. The number of fused-ring (bicyclic) bond motifs is 2. The van der Waals surface area contributed by atoms with Crippen LogP contribution in [0.1, 0.15) is 45.6 Å². The van der Waals surface area contributed by atoms with Crippen molar-refractivity contribution in [3.63, 3.8) is 0 Å². The molecule has 4 unspecified atom stereocenters. The minimum absolute atomic E-state index is 0.0931. The molecule has 1 aromatic carbocycles. The van der Waals surface area contributed by atoms with Gasteiger partial charge in [-0.2, -0.15) is 0 Å². The molecule has 0 amide bonds. The lowest BCUT2D eigenvalue weighted by atomic mass is 9.70. The van der Waals surface area contributed by atoms with Gasteiger partial charge < -0.3 is 14.9 Å². The number of nitrogens with zero attached hydrogens (tertiary/aromatic N) is 1. The van der Waals surface area contributed by atoms with Crippen LogP contribution in [0.4, 0.5) is 0 Å². The van der Waals surface area contributed by atoms with Crippen molar-refractivity contribution in [3.05, 3.63) is 35.9 Å². The zero-order valence-electron chi connectivity index (χ0n) is 16.5. The van der Waals surface area contributed by atoms with Crippen molar-refractivity contribution in [1.82, 2.24) is 4.90 Å². The molecule has 2 saturated carbocycles. The first-order chi connectivity index (χ1) is 12.3. The molecule has 0 radical (unpaired) electrons. The van der Waals surface area contributed by atoms with E-state index in [4.69, 9.17) is 4.74 Å². The SMILES string of the molecule is CC12CCC(C1)C(C)(C)C2OCC(O)CN(CCO)Cc1ccccc1. The van der Waals surface area contributed by atoms with Crippen LogP contribution < -0.4 is 0 Å². The summed E-state index contributed by atoms with van der Waals surface area (Å²) < 4.78 is 6.31. The molecule has 0 aromatic heterocycles. The third-order valence-corrected chi connectivity index (χ3v) is 6.73. The molecule has 4 nitrogen and oxygen atoms in total. The summed E-state index contributed by atoms with van der Waals surface area (Å²) in [7, 11) is 0. The van der Waals surface area contributed by atoms with Crippen LogP contribution in [0.15, 0.2) is 30.3 Å². The third-order valence-electron chi connectivity index (χ3n) is 6.73. The summed E-state index contributed by atoms with van der Waals surface area (Å²) in [6.45, 7) is 9.27. The molecule has 2 bridgehead atoms. The number of aliphatic hydroxyl groups is 2. The molecule has 2 N–H and O–H groups in total. The molecular weight excluding hydrogens is 326 g/mol. The van der Waals surface area contributed by atoms with Crippen LogP contribution in [-0.2, 0) is 11.3 Å². The van der Waals surface area contributed by atoms with E-state index in [9.17, 15) is 10.2 Å². The Balaban J connectivity index is 1.53. The first-order valence-electron chi connectivity index (χ1n) is 10.0. The van der Waals surface area contributed by atoms with Gasteiger partial charge in [0.2, 0.25) is 0 Å². The summed E-state index contributed by atoms with van der Waals surface area (Å²) >= 11 is 0. The van der Waals surface area contributed by atoms with Crippen molar-refractivity contribution in [2.75, 3.05) is 26.3 Å². The number of hydrogen-bond acceptors (Lipinski definition) is 4. The zero-order valence-corrected chi connectivity index (χ0v) is 16.5. The van der Waals surface area contributed by atoms with Crippen molar-refractivity contribution >= 4 is 0 Å². The standard InChI is InChI=1S/C22H35NO3/c1-21(2)18-9-10-22(3,13-18)20(21)26-16-19(25)15-23(11-12-24)14-17-7-5-4-6-8-17/h4-8,18-20,24-25H,9-16H2,1-3H3. The van der Waals surface area contributed by atoms with E-state index in [0.29, 0.717) is 19.7 Å². The molecule has 2 aliphatic rings. The van der Waals surface area contributed by atoms with Crippen LogP contribution >= 0.6 is 0 Å². The number of ether oxygens (including phenoxy) is 1. The normalized spacial score (nSPS) is 30.8. The van der Waals surface area contributed by atoms with Crippen LogP contribution in [0.3, 0.4) is 0 Å². The Morgan fingerprint density at radius 1 is 1.23 bits per heavy atom. The van der Waals surface area contributed by atoms with Crippen LogP contribution in [0.5, 0.6) is 0 Å². The number of benzene rings is 1. The van der Waals surface area contributed by atoms with Gasteiger partial charge in [0, 0.05) is 19.6 Å². The smallest absolute Gasteiger partial charge is 0.0900 e. The van der Waals surface area contributed by atoms with E-state index >= 15 is 0 Å². The van der Waals surface area contributed by atoms with Crippen molar-refractivity contribution in [2.24, 2.45) is 16.7 Å². The van der Waals surface area contributed by atoms with Gasteiger partial charge in [0.1, 0.15) is 0 Å². The van der Waals surface area contributed by atoms with Gasteiger partial charge in [0.15, 0.2) is 0 Å². The first kappa shape index (κ1) is 19.8. The first-order valence-corrected chi connectivity index (χ1v) is 10.0. The second kappa shape index (κ2) is 7.97. The maximum absolute atomic E-state index is 10.6. The summed E-state index contributed by atoms with van der Waals surface area (Å²) in [5.74, 6) is 0.749. The van der Waals surface area contributed by atoms with Gasteiger partial charge in [-0.25, -0.2) is 0 Å². The van der Waals surface area contributed by atoms with Crippen molar-refractivity contribution in [1.29, 1.82) is 0 Å². The fraction of sp³-hybridized carbons (Fsp3) is 0.727. The predicted molar refractivity (Wildman–Crippen MR) is 104 cm³/mol. The summed E-state index contributed by atoms with van der Waals surface area (Å²) in [6.07, 6.45) is 3.50. The summed E-state index contributed by atoms with van der Waals surface area (Å²) in [6, 6.07) is 10.2. The molecule has 0 heterocycles. The average Bonchev–Trinajstić information content (AvgIpc) is 3.06. The molecule has 2 fully saturated rings. The van der Waals surface area contributed by atoms with Crippen LogP contribution in [0, 0.1) is 16.7 Å². The van der Waals surface area contributed by atoms with E-state index in [1.54, 1.807) is 0 Å². The van der Waals surface area contributed by atoms with Crippen LogP contribution in [0.25, 0.3) is 0 Å². The van der Waals surface area contributed by atoms with Crippen molar-refractivity contribution in [3.8, 4) is 0 Å². The second-order valence-corrected chi connectivity index (χ2v) is 9.23. The third kappa shape index (κ3) is 4.14. The number of rotatable bonds is 9. The van der Waals surface area contributed by atoms with E-state index in [1.807, 2.05) is 18.2 Å². The maximum Gasteiger partial charge on any atom is 0.0900 e. The fourth-order valence-corrected chi connectivity index (χ4v) is 5.45. The fourth-order valence-electron chi connectivity index (χ4n) is 5.45. The Morgan fingerprint density at radius 3 is 2.58 bits per heavy atom. The van der Waals surface area contributed by atoms with E-state index in [-0.39, 0.29) is 23.5 Å².